The van der Waals surface area contributed by atoms with Crippen molar-refractivity contribution in [2.45, 2.75) is 18.1 Å². The summed E-state index contributed by atoms with van der Waals surface area (Å²) in [6, 6.07) is 15.5. The Bertz CT molecular complexity index is 703. The van der Waals surface area contributed by atoms with Gasteiger partial charge in [0.25, 0.3) is 0 Å². The Kier molecular flexibility index (Phi) is 3.26. The van der Waals surface area contributed by atoms with Gasteiger partial charge in [0.15, 0.2) is 9.84 Å². The van der Waals surface area contributed by atoms with Crippen LogP contribution in [0.1, 0.15) is 23.7 Å². The summed E-state index contributed by atoms with van der Waals surface area (Å²) < 4.78 is 23.9. The van der Waals surface area contributed by atoms with Crippen LogP contribution in [0.4, 0.5) is 5.69 Å². The average Bonchev–Trinajstić information content (AvgIpc) is 2.79. The molecule has 1 fully saturated rings. The Balaban J connectivity index is 1.90. The summed E-state index contributed by atoms with van der Waals surface area (Å²) in [5, 5.41) is -0.317. The molecule has 0 radical (unpaired) electrons. The largest absolute Gasteiger partial charge is 0.399 e. The highest BCUT2D eigenvalue weighted by Gasteiger charge is 2.32. The fourth-order valence-electron chi connectivity index (χ4n) is 2.73. The van der Waals surface area contributed by atoms with Crippen molar-refractivity contribution in [3.05, 3.63) is 54.1 Å². The van der Waals surface area contributed by atoms with Crippen molar-refractivity contribution in [2.75, 3.05) is 11.5 Å². The summed E-state index contributed by atoms with van der Waals surface area (Å²) in [6.45, 7) is 0. The maximum atomic E-state index is 11.9. The zero-order chi connectivity index (χ0) is 14.2. The molecule has 1 heterocycles. The fraction of sp³-hybridized carbons (Fsp3) is 0.250. The molecule has 4 heteroatoms. The molecule has 1 aliphatic heterocycles. The van der Waals surface area contributed by atoms with Crippen LogP contribution < -0.4 is 5.73 Å². The van der Waals surface area contributed by atoms with Crippen molar-refractivity contribution < 1.29 is 8.42 Å². The van der Waals surface area contributed by atoms with E-state index in [2.05, 4.69) is 0 Å². The van der Waals surface area contributed by atoms with E-state index in [0.29, 0.717) is 5.75 Å². The standard InChI is InChI=1S/C16H17NO2S/c17-15-9-7-13(8-10-15)12-3-5-14(6-4-12)16-2-1-11-20(16,18)19/h3-10,16H,1-2,11,17H2. The molecule has 1 aliphatic rings. The lowest BCUT2D eigenvalue weighted by molar-refractivity contribution is 0.592. The molecule has 0 amide bonds. The van der Waals surface area contributed by atoms with E-state index in [9.17, 15) is 8.42 Å². The highest BCUT2D eigenvalue weighted by atomic mass is 32.2. The van der Waals surface area contributed by atoms with Gasteiger partial charge in [-0.1, -0.05) is 36.4 Å². The first-order valence-corrected chi connectivity index (χ1v) is 8.45. The highest BCUT2D eigenvalue weighted by molar-refractivity contribution is 7.91. The quantitative estimate of drug-likeness (QED) is 0.863. The molecule has 1 atom stereocenters. The predicted molar refractivity (Wildman–Crippen MR) is 82.1 cm³/mol. The Labute approximate surface area is 119 Å². The van der Waals surface area contributed by atoms with Gasteiger partial charge >= 0.3 is 0 Å². The topological polar surface area (TPSA) is 60.2 Å². The van der Waals surface area contributed by atoms with Crippen LogP contribution in [0.5, 0.6) is 0 Å². The van der Waals surface area contributed by atoms with E-state index in [1.54, 1.807) is 0 Å². The lowest BCUT2D eigenvalue weighted by Gasteiger charge is -2.10. The van der Waals surface area contributed by atoms with Crippen LogP contribution in [0.25, 0.3) is 11.1 Å². The van der Waals surface area contributed by atoms with Gasteiger partial charge in [-0.05, 0) is 41.7 Å². The lowest BCUT2D eigenvalue weighted by atomic mass is 10.0. The molecule has 3 rings (SSSR count). The number of benzene rings is 2. The molecule has 104 valence electrons. The first-order chi connectivity index (χ1) is 9.56. The van der Waals surface area contributed by atoms with E-state index in [1.165, 1.54) is 0 Å². The Morgan fingerprint density at radius 2 is 1.45 bits per heavy atom. The summed E-state index contributed by atoms with van der Waals surface area (Å²) in [5.41, 5.74) is 9.47. The van der Waals surface area contributed by atoms with E-state index in [4.69, 9.17) is 5.73 Å². The van der Waals surface area contributed by atoms with E-state index in [0.717, 1.165) is 35.2 Å². The molecule has 1 saturated heterocycles. The predicted octanol–water partition coefficient (Wildman–Crippen LogP) is 3.19. The number of nitrogen functional groups attached to an aromatic ring is 1. The lowest BCUT2D eigenvalue weighted by Crippen LogP contribution is -2.07. The smallest absolute Gasteiger partial charge is 0.157 e. The molecule has 20 heavy (non-hydrogen) atoms. The number of hydrogen-bond acceptors (Lipinski definition) is 3. The molecule has 2 N–H and O–H groups in total. The van der Waals surface area contributed by atoms with Crippen LogP contribution in [0.3, 0.4) is 0 Å². The fourth-order valence-corrected chi connectivity index (χ4v) is 4.68. The number of nitrogens with two attached hydrogens (primary N) is 1. The first-order valence-electron chi connectivity index (χ1n) is 6.74. The summed E-state index contributed by atoms with van der Waals surface area (Å²) >= 11 is 0. The highest BCUT2D eigenvalue weighted by Crippen LogP contribution is 2.35. The molecular formula is C16H17NO2S. The van der Waals surface area contributed by atoms with Gasteiger partial charge in [-0.25, -0.2) is 8.42 Å². The van der Waals surface area contributed by atoms with E-state index in [1.807, 2.05) is 48.5 Å². The van der Waals surface area contributed by atoms with Gasteiger partial charge in [0, 0.05) is 5.69 Å². The van der Waals surface area contributed by atoms with E-state index < -0.39 is 9.84 Å². The number of rotatable bonds is 2. The minimum Gasteiger partial charge on any atom is -0.399 e. The van der Waals surface area contributed by atoms with Gasteiger partial charge in [0.05, 0.1) is 11.0 Å². The van der Waals surface area contributed by atoms with Crippen LogP contribution in [0.2, 0.25) is 0 Å². The van der Waals surface area contributed by atoms with Gasteiger partial charge in [0.2, 0.25) is 0 Å². The molecule has 0 spiro atoms. The van der Waals surface area contributed by atoms with Crippen molar-refractivity contribution in [1.82, 2.24) is 0 Å². The second kappa shape index (κ2) is 4.94. The Hall–Kier alpha value is -1.81. The van der Waals surface area contributed by atoms with Crippen LogP contribution >= 0.6 is 0 Å². The summed E-state index contributed by atoms with van der Waals surface area (Å²) in [7, 11) is -2.94. The normalized spacial score (nSPS) is 20.9. The zero-order valence-electron chi connectivity index (χ0n) is 11.1. The molecule has 0 aliphatic carbocycles. The summed E-state index contributed by atoms with van der Waals surface area (Å²) in [5.74, 6) is 0.317. The zero-order valence-corrected chi connectivity index (χ0v) is 11.9. The molecule has 2 aromatic rings. The van der Waals surface area contributed by atoms with Crippen molar-refractivity contribution >= 4 is 15.5 Å². The molecule has 0 aromatic heterocycles. The van der Waals surface area contributed by atoms with Gasteiger partial charge in [-0.3, -0.25) is 0 Å². The molecule has 0 saturated carbocycles. The third-order valence-electron chi connectivity index (χ3n) is 3.86. The summed E-state index contributed by atoms with van der Waals surface area (Å²) in [6.07, 6.45) is 1.51. The third-order valence-corrected chi connectivity index (χ3v) is 6.09. The van der Waals surface area contributed by atoms with Crippen LogP contribution in [-0.2, 0) is 9.84 Å². The second-order valence-electron chi connectivity index (χ2n) is 5.24. The molecule has 2 aromatic carbocycles. The Morgan fingerprint density at radius 1 is 0.900 bits per heavy atom. The first kappa shape index (κ1) is 13.2. The van der Waals surface area contributed by atoms with Crippen LogP contribution in [0, 0.1) is 0 Å². The maximum Gasteiger partial charge on any atom is 0.157 e. The van der Waals surface area contributed by atoms with Crippen LogP contribution in [-0.4, -0.2) is 14.2 Å². The third kappa shape index (κ3) is 2.43. The maximum absolute atomic E-state index is 11.9. The van der Waals surface area contributed by atoms with Crippen molar-refractivity contribution in [2.24, 2.45) is 0 Å². The van der Waals surface area contributed by atoms with Crippen molar-refractivity contribution in [3.63, 3.8) is 0 Å². The minimum absolute atomic E-state index is 0.317. The van der Waals surface area contributed by atoms with Gasteiger partial charge in [-0.2, -0.15) is 0 Å². The minimum atomic E-state index is -2.94. The SMILES string of the molecule is Nc1ccc(-c2ccc(C3CCCS3(=O)=O)cc2)cc1. The number of sulfone groups is 1. The number of hydrogen-bond donors (Lipinski definition) is 1. The average molecular weight is 287 g/mol. The van der Waals surface area contributed by atoms with Gasteiger partial charge in [-0.15, -0.1) is 0 Å². The van der Waals surface area contributed by atoms with Crippen LogP contribution in [0.15, 0.2) is 48.5 Å². The summed E-state index contributed by atoms with van der Waals surface area (Å²) in [4.78, 5) is 0. The van der Waals surface area contributed by atoms with Gasteiger partial charge < -0.3 is 5.73 Å². The second-order valence-corrected chi connectivity index (χ2v) is 7.54. The molecule has 1 unspecified atom stereocenters. The molecular weight excluding hydrogens is 270 g/mol. The molecule has 3 nitrogen and oxygen atoms in total. The Morgan fingerprint density at radius 3 is 1.95 bits per heavy atom. The van der Waals surface area contributed by atoms with Gasteiger partial charge in [0.1, 0.15) is 0 Å². The van der Waals surface area contributed by atoms with Crippen molar-refractivity contribution in [3.8, 4) is 11.1 Å². The number of anilines is 1. The van der Waals surface area contributed by atoms with Crippen molar-refractivity contribution in [1.29, 1.82) is 0 Å². The monoisotopic (exact) mass is 287 g/mol. The molecule has 0 bridgehead atoms. The van der Waals surface area contributed by atoms with E-state index >= 15 is 0 Å². The van der Waals surface area contributed by atoms with E-state index in [-0.39, 0.29) is 5.25 Å².